The molecule has 0 bridgehead atoms. The lowest BCUT2D eigenvalue weighted by molar-refractivity contribution is 1.64. The molecule has 0 N–H and O–H groups in total. The van der Waals surface area contributed by atoms with E-state index >= 15 is 0 Å². The van der Waals surface area contributed by atoms with Crippen LogP contribution in [0.3, 0.4) is 0 Å². The van der Waals surface area contributed by atoms with Crippen LogP contribution in [0.15, 0.2) is 10.0 Å². The van der Waals surface area contributed by atoms with Crippen molar-refractivity contribution >= 4 is 53.1 Å². The third kappa shape index (κ3) is 7.15. The summed E-state index contributed by atoms with van der Waals surface area (Å²) in [5, 5.41) is 1.24. The smallest absolute Gasteiger partial charge is 0.162 e. The summed E-state index contributed by atoms with van der Waals surface area (Å²) in [5.74, 6) is 3.52. The first-order valence-corrected chi connectivity index (χ1v) is 22.2. The molecule has 6 heteroatoms. The highest BCUT2D eigenvalue weighted by Crippen LogP contribution is 2.35. The van der Waals surface area contributed by atoms with Crippen LogP contribution in [-0.4, -0.2) is 30.9 Å². The first-order chi connectivity index (χ1) is 8.46. The minimum Gasteiger partial charge on any atom is -0.162 e. The van der Waals surface area contributed by atoms with Gasteiger partial charge in [0.2, 0.25) is 0 Å². The highest BCUT2D eigenvalue weighted by Gasteiger charge is 2.40. The molecule has 0 aliphatic carbocycles. The van der Waals surface area contributed by atoms with Crippen molar-refractivity contribution in [1.29, 1.82) is 0 Å². The van der Waals surface area contributed by atoms with Crippen molar-refractivity contribution in [1.82, 2.24) is 0 Å². The molecule has 116 valence electrons. The molecule has 0 atom stereocenters. The third-order valence-electron chi connectivity index (χ3n) is 2.75. The Labute approximate surface area is 139 Å². The predicted octanol–water partition coefficient (Wildman–Crippen LogP) is 6.01. The molecule has 0 fully saturated rings. The van der Waals surface area contributed by atoms with Crippen LogP contribution in [0.5, 0.6) is 0 Å². The maximum atomic E-state index is 6.86. The van der Waals surface area contributed by atoms with Gasteiger partial charge < -0.3 is 0 Å². The van der Waals surface area contributed by atoms with Gasteiger partial charge in [-0.2, -0.15) is 22.2 Å². The van der Waals surface area contributed by atoms with Crippen LogP contribution < -0.4 is 0 Å². The third-order valence-corrected chi connectivity index (χ3v) is 14.6. The number of hydrogen-bond acceptors (Lipinski definition) is 0. The van der Waals surface area contributed by atoms with Gasteiger partial charge in [-0.15, -0.1) is 5.54 Å². The first-order valence-electron chi connectivity index (χ1n) is 7.13. The van der Waals surface area contributed by atoms with Crippen LogP contribution in [0.25, 0.3) is 0 Å². The fraction of sp³-hybridized carbons (Fsp3) is 0.714. The van der Waals surface area contributed by atoms with Crippen molar-refractivity contribution in [3.05, 3.63) is 10.0 Å². The Kier molecular flexibility index (Phi) is 6.71. The summed E-state index contributed by atoms with van der Waals surface area (Å²) >= 11 is 13.7. The molecular weight excluding hydrogens is 351 g/mol. The van der Waals surface area contributed by atoms with Crippen LogP contribution in [-0.2, 0) is 0 Å². The second-order valence-corrected chi connectivity index (χ2v) is 31.3. The minimum absolute atomic E-state index is 1.24. The Balaban J connectivity index is 6.43. The zero-order chi connectivity index (χ0) is 16.6. The maximum absolute atomic E-state index is 6.86. The molecule has 0 aromatic carbocycles. The Morgan fingerprint density at radius 1 is 0.700 bits per heavy atom. The fourth-order valence-electron chi connectivity index (χ4n) is 2.32. The van der Waals surface area contributed by atoms with Gasteiger partial charge in [0.1, 0.15) is 8.07 Å². The molecule has 0 heterocycles. The lowest BCUT2D eigenvalue weighted by Gasteiger charge is -2.34. The van der Waals surface area contributed by atoms with Gasteiger partial charge in [-0.25, -0.2) is 0 Å². The van der Waals surface area contributed by atoms with E-state index in [0.717, 1.165) is 0 Å². The lowest BCUT2D eigenvalue weighted by atomic mass is 10.6. The monoisotopic (exact) mass is 380 g/mol. The van der Waals surface area contributed by atoms with Crippen LogP contribution in [0, 0.1) is 11.5 Å². The minimum atomic E-state index is -1.98. The van der Waals surface area contributed by atoms with Crippen molar-refractivity contribution in [3.8, 4) is 11.5 Å². The van der Waals surface area contributed by atoms with E-state index < -0.39 is 30.9 Å². The average molecular weight is 382 g/mol. The van der Waals surface area contributed by atoms with Crippen LogP contribution >= 0.6 is 22.2 Å². The van der Waals surface area contributed by atoms with Gasteiger partial charge in [-0.1, -0.05) is 76.2 Å². The summed E-state index contributed by atoms with van der Waals surface area (Å²) in [6, 6.07) is 0. The van der Waals surface area contributed by atoms with Crippen molar-refractivity contribution in [2.45, 2.75) is 65.5 Å². The number of halogens is 2. The molecule has 0 rings (SSSR count). The van der Waals surface area contributed by atoms with Gasteiger partial charge >= 0.3 is 0 Å². The molecule has 0 aromatic rings. The van der Waals surface area contributed by atoms with Crippen LogP contribution in [0.1, 0.15) is 0 Å². The second kappa shape index (κ2) is 6.47. The van der Waals surface area contributed by atoms with Crippen LogP contribution in [0.2, 0.25) is 65.5 Å². The van der Waals surface area contributed by atoms with Gasteiger partial charge in [0.05, 0.1) is 8.07 Å². The quantitative estimate of drug-likeness (QED) is 0.319. The van der Waals surface area contributed by atoms with E-state index in [0.29, 0.717) is 0 Å². The summed E-state index contributed by atoms with van der Waals surface area (Å²) in [4.78, 5) is 1.48. The van der Waals surface area contributed by atoms with Gasteiger partial charge in [-0.3, -0.25) is 0 Å². The summed E-state index contributed by atoms with van der Waals surface area (Å²) in [6.07, 6.45) is 0. The maximum Gasteiger partial charge on any atom is 0.188 e. The molecule has 0 nitrogen and oxygen atoms in total. The van der Waals surface area contributed by atoms with E-state index in [1.165, 1.54) is 10.0 Å². The number of rotatable bonds is 3. The summed E-state index contributed by atoms with van der Waals surface area (Å²) in [6.45, 7) is 22.7. The van der Waals surface area contributed by atoms with Gasteiger partial charge in [-0.05, 0) is 5.20 Å². The summed E-state index contributed by atoms with van der Waals surface area (Å²) in [7, 11) is -6.82. The summed E-state index contributed by atoms with van der Waals surface area (Å²) < 4.78 is 0. The fourth-order valence-corrected chi connectivity index (χ4v) is 20.4. The van der Waals surface area contributed by atoms with Gasteiger partial charge in [0, 0.05) is 0 Å². The molecule has 0 unspecified atom stereocenters. The molecule has 0 spiro atoms. The number of hydrogen-bond donors (Lipinski definition) is 0. The van der Waals surface area contributed by atoms with E-state index in [-0.39, 0.29) is 0 Å². The van der Waals surface area contributed by atoms with E-state index in [1.54, 1.807) is 0 Å². The van der Waals surface area contributed by atoms with E-state index in [2.05, 4.69) is 76.9 Å². The lowest BCUT2D eigenvalue weighted by Crippen LogP contribution is -2.43. The standard InChI is InChI=1S/C14H30Cl2Si4/c1-17(2,3)12-11-13(19(7,8)15)14(18(4,5)6)20(9,10)16/h1-10H3/b14-13-. The average Bonchev–Trinajstić information content (AvgIpc) is 2.03. The van der Waals surface area contributed by atoms with E-state index in [4.69, 9.17) is 22.2 Å². The molecule has 0 radical (unpaired) electrons. The van der Waals surface area contributed by atoms with Crippen molar-refractivity contribution in [2.75, 3.05) is 0 Å². The molecule has 20 heavy (non-hydrogen) atoms. The SMILES string of the molecule is C[Si](C)(C)C#C/C(=C(\[Si](C)(C)C)[Si](C)(C)Cl)[Si](C)(C)Cl. The number of allylic oxidation sites excluding steroid dienone is 1. The zero-order valence-corrected chi connectivity index (χ0v) is 20.3. The Morgan fingerprint density at radius 3 is 1.30 bits per heavy atom. The van der Waals surface area contributed by atoms with Crippen molar-refractivity contribution in [3.63, 3.8) is 0 Å². The second-order valence-electron chi connectivity index (χ2n) is 8.44. The normalized spacial score (nSPS) is 15.4. The first kappa shape index (κ1) is 20.7. The molecular formula is C14H30Cl2Si4. The predicted molar refractivity (Wildman–Crippen MR) is 108 cm³/mol. The summed E-state index contributed by atoms with van der Waals surface area (Å²) in [5.41, 5.74) is 3.52. The molecule has 0 aromatic heterocycles. The van der Waals surface area contributed by atoms with Crippen LogP contribution in [0.4, 0.5) is 0 Å². The highest BCUT2D eigenvalue weighted by molar-refractivity contribution is 7.32. The molecule has 0 aliphatic rings. The Hall–Kier alpha value is 0.748. The highest BCUT2D eigenvalue weighted by atomic mass is 35.6. The largest absolute Gasteiger partial charge is 0.188 e. The van der Waals surface area contributed by atoms with Crippen molar-refractivity contribution < 1.29 is 0 Å². The van der Waals surface area contributed by atoms with E-state index in [1.807, 2.05) is 0 Å². The van der Waals surface area contributed by atoms with Gasteiger partial charge in [0.15, 0.2) is 14.8 Å². The molecule has 0 saturated heterocycles. The van der Waals surface area contributed by atoms with Crippen molar-refractivity contribution in [2.24, 2.45) is 0 Å². The Morgan fingerprint density at radius 2 is 1.10 bits per heavy atom. The molecule has 0 saturated carbocycles. The Bertz CT molecular complexity index is 427. The molecule has 0 aliphatic heterocycles. The van der Waals surface area contributed by atoms with Gasteiger partial charge in [0.25, 0.3) is 0 Å². The topological polar surface area (TPSA) is 0 Å². The zero-order valence-electron chi connectivity index (χ0n) is 14.8. The molecule has 0 amide bonds. The van der Waals surface area contributed by atoms with E-state index in [9.17, 15) is 0 Å².